The Bertz CT molecular complexity index is 935. The van der Waals surface area contributed by atoms with Crippen LogP contribution < -0.4 is 15.8 Å². The van der Waals surface area contributed by atoms with Crippen molar-refractivity contribution in [3.63, 3.8) is 0 Å². The second kappa shape index (κ2) is 10.1. The molecule has 0 spiro atoms. The summed E-state index contributed by atoms with van der Waals surface area (Å²) in [7, 11) is -3.89. The molecule has 2 aromatic carbocycles. The monoisotopic (exact) mass is 422 g/mol. The van der Waals surface area contributed by atoms with Crippen LogP contribution in [-0.4, -0.2) is 49.6 Å². The van der Waals surface area contributed by atoms with E-state index in [0.717, 1.165) is 29.8 Å². The summed E-state index contributed by atoms with van der Waals surface area (Å²) in [4.78, 5) is 21.8. The Hall–Kier alpha value is -2.86. The lowest BCUT2D eigenvalue weighted by molar-refractivity contribution is -0.384. The number of non-ortho nitro benzene ring substituents is 1. The number of nitrogens with zero attached hydrogens (tertiary/aromatic N) is 1. The van der Waals surface area contributed by atoms with Crippen LogP contribution in [0.4, 0.5) is 5.69 Å². The van der Waals surface area contributed by atoms with E-state index in [1.54, 1.807) is 0 Å². The van der Waals surface area contributed by atoms with Crippen molar-refractivity contribution >= 4 is 21.6 Å². The third-order valence-corrected chi connectivity index (χ3v) is 5.54. The zero-order valence-electron chi connectivity index (χ0n) is 15.4. The van der Waals surface area contributed by atoms with Crippen molar-refractivity contribution in [2.75, 3.05) is 13.1 Å². The fourth-order valence-electron chi connectivity index (χ4n) is 2.50. The summed E-state index contributed by atoms with van der Waals surface area (Å²) in [6.07, 6.45) is -1.14. The smallest absolute Gasteiger partial charge is 0.269 e. The Labute approximate surface area is 167 Å². The van der Waals surface area contributed by atoms with E-state index in [1.807, 2.05) is 30.3 Å². The van der Waals surface area contributed by atoms with E-state index in [1.165, 1.54) is 0 Å². The zero-order valence-corrected chi connectivity index (χ0v) is 16.2. The number of nitro groups is 1. The highest BCUT2D eigenvalue weighted by Crippen LogP contribution is 2.15. The molecule has 2 atom stereocenters. The Kier molecular flexibility index (Phi) is 7.79. The number of nitrogens with one attached hydrogen (secondary N) is 2. The molecule has 2 aromatic rings. The number of hydrogen-bond acceptors (Lipinski definition) is 7. The number of sulfonamides is 1. The molecule has 5 N–H and O–H groups in total. The van der Waals surface area contributed by atoms with Crippen molar-refractivity contribution in [1.29, 1.82) is 0 Å². The maximum Gasteiger partial charge on any atom is 0.269 e. The molecule has 2 unspecified atom stereocenters. The van der Waals surface area contributed by atoms with E-state index < -0.39 is 33.0 Å². The van der Waals surface area contributed by atoms with Crippen LogP contribution in [0.5, 0.6) is 0 Å². The number of nitro benzene ring substituents is 1. The molecule has 0 saturated carbocycles. The van der Waals surface area contributed by atoms with Crippen molar-refractivity contribution in [3.8, 4) is 0 Å². The fraction of sp³-hybridized carbons (Fsp3) is 0.278. The van der Waals surface area contributed by atoms with Crippen molar-refractivity contribution in [3.05, 3.63) is 70.3 Å². The molecule has 1 amide bonds. The highest BCUT2D eigenvalue weighted by atomic mass is 32.2. The highest BCUT2D eigenvalue weighted by molar-refractivity contribution is 7.89. The number of aliphatic hydroxyl groups excluding tert-OH is 1. The van der Waals surface area contributed by atoms with Gasteiger partial charge in [0.25, 0.3) is 11.6 Å². The van der Waals surface area contributed by atoms with Crippen molar-refractivity contribution in [1.82, 2.24) is 10.0 Å². The van der Waals surface area contributed by atoms with Gasteiger partial charge in [-0.25, -0.2) is 13.1 Å². The maximum atomic E-state index is 12.1. The standard InChI is InChI=1S/C18H22N4O6S/c19-16(12-13-4-2-1-3-5-13)17(23)18(24)20-10-11-21-29(27,28)15-8-6-14(7-9-15)22(25)26/h1-9,16-17,21,23H,10-12,19H2,(H,20,24). The van der Waals surface area contributed by atoms with E-state index in [2.05, 4.69) is 10.0 Å². The molecule has 0 fully saturated rings. The molecule has 0 aliphatic rings. The molecule has 0 aromatic heterocycles. The number of benzene rings is 2. The fourth-order valence-corrected chi connectivity index (χ4v) is 3.53. The van der Waals surface area contributed by atoms with Gasteiger partial charge in [-0.1, -0.05) is 30.3 Å². The first kappa shape index (κ1) is 22.4. The largest absolute Gasteiger partial charge is 0.382 e. The van der Waals surface area contributed by atoms with Crippen molar-refractivity contribution in [2.24, 2.45) is 5.73 Å². The third-order valence-electron chi connectivity index (χ3n) is 4.06. The lowest BCUT2D eigenvalue weighted by Gasteiger charge is -2.18. The summed E-state index contributed by atoms with van der Waals surface area (Å²) in [6, 6.07) is 12.7. The number of amides is 1. The summed E-state index contributed by atoms with van der Waals surface area (Å²) in [6.45, 7) is -0.203. The lowest BCUT2D eigenvalue weighted by atomic mass is 10.0. The number of rotatable bonds is 10. The Balaban J connectivity index is 1.79. The topological polar surface area (TPSA) is 165 Å². The van der Waals surface area contributed by atoms with E-state index in [0.29, 0.717) is 6.42 Å². The predicted octanol–water partition coefficient (Wildman–Crippen LogP) is -0.0798. The maximum absolute atomic E-state index is 12.1. The van der Waals surface area contributed by atoms with Crippen LogP contribution in [0.3, 0.4) is 0 Å². The normalized spacial score (nSPS) is 13.4. The van der Waals surface area contributed by atoms with E-state index >= 15 is 0 Å². The first-order chi connectivity index (χ1) is 13.7. The molecule has 11 heteroatoms. The average molecular weight is 422 g/mol. The summed E-state index contributed by atoms with van der Waals surface area (Å²) in [5.74, 6) is -0.706. The molecule has 0 radical (unpaired) electrons. The average Bonchev–Trinajstić information content (AvgIpc) is 2.71. The van der Waals surface area contributed by atoms with Gasteiger partial charge in [0.15, 0.2) is 0 Å². The van der Waals surface area contributed by atoms with Gasteiger partial charge in [-0.15, -0.1) is 0 Å². The Morgan fingerprint density at radius 1 is 1.10 bits per heavy atom. The van der Waals surface area contributed by atoms with Crippen LogP contribution in [0, 0.1) is 10.1 Å². The molecule has 156 valence electrons. The Morgan fingerprint density at radius 2 is 1.72 bits per heavy atom. The summed E-state index contributed by atoms with van der Waals surface area (Å²) >= 11 is 0. The summed E-state index contributed by atoms with van der Waals surface area (Å²) in [5, 5.41) is 23.0. The van der Waals surface area contributed by atoms with Crippen molar-refractivity contribution in [2.45, 2.75) is 23.5 Å². The van der Waals surface area contributed by atoms with Gasteiger partial charge in [0, 0.05) is 31.3 Å². The van der Waals surface area contributed by atoms with Crippen LogP contribution in [0.25, 0.3) is 0 Å². The number of nitrogens with two attached hydrogens (primary N) is 1. The van der Waals surface area contributed by atoms with Gasteiger partial charge in [0.2, 0.25) is 10.0 Å². The van der Waals surface area contributed by atoms with Crippen LogP contribution in [0.2, 0.25) is 0 Å². The van der Waals surface area contributed by atoms with Gasteiger partial charge >= 0.3 is 0 Å². The third kappa shape index (κ3) is 6.61. The van der Waals surface area contributed by atoms with Gasteiger partial charge in [-0.05, 0) is 24.1 Å². The SMILES string of the molecule is NC(Cc1ccccc1)C(O)C(=O)NCCNS(=O)(=O)c1ccc([N+](=O)[O-])cc1. The molecule has 2 rings (SSSR count). The molecule has 29 heavy (non-hydrogen) atoms. The number of carbonyl (C=O) groups is 1. The van der Waals surface area contributed by atoms with Gasteiger partial charge < -0.3 is 16.2 Å². The molecule has 0 bridgehead atoms. The van der Waals surface area contributed by atoms with Gasteiger partial charge in [-0.3, -0.25) is 14.9 Å². The minimum atomic E-state index is -3.89. The number of hydrogen-bond donors (Lipinski definition) is 4. The molecule has 0 saturated heterocycles. The van der Waals surface area contributed by atoms with E-state index in [-0.39, 0.29) is 23.7 Å². The van der Waals surface area contributed by atoms with Crippen LogP contribution >= 0.6 is 0 Å². The minimum Gasteiger partial charge on any atom is -0.382 e. The van der Waals surface area contributed by atoms with Gasteiger partial charge in [0.05, 0.1) is 9.82 Å². The van der Waals surface area contributed by atoms with Crippen LogP contribution in [0.15, 0.2) is 59.5 Å². The predicted molar refractivity (Wildman–Crippen MR) is 105 cm³/mol. The molecule has 0 heterocycles. The quantitative estimate of drug-likeness (QED) is 0.236. The van der Waals surface area contributed by atoms with Crippen LogP contribution in [0.1, 0.15) is 5.56 Å². The lowest BCUT2D eigenvalue weighted by Crippen LogP contribution is -2.48. The molecule has 0 aliphatic heterocycles. The number of aliphatic hydroxyl groups is 1. The minimum absolute atomic E-state index is 0.0693. The first-order valence-electron chi connectivity index (χ1n) is 8.70. The van der Waals surface area contributed by atoms with Crippen LogP contribution in [-0.2, 0) is 21.2 Å². The zero-order chi connectivity index (χ0) is 21.4. The molecular weight excluding hydrogens is 400 g/mol. The highest BCUT2D eigenvalue weighted by Gasteiger charge is 2.23. The summed E-state index contributed by atoms with van der Waals surface area (Å²) in [5.41, 5.74) is 6.52. The van der Waals surface area contributed by atoms with Crippen molar-refractivity contribution < 1.29 is 23.2 Å². The van der Waals surface area contributed by atoms with Gasteiger partial charge in [-0.2, -0.15) is 0 Å². The summed E-state index contributed by atoms with van der Waals surface area (Å²) < 4.78 is 26.5. The van der Waals surface area contributed by atoms with Gasteiger partial charge in [0.1, 0.15) is 6.10 Å². The Morgan fingerprint density at radius 3 is 2.31 bits per heavy atom. The van der Waals surface area contributed by atoms with E-state index in [9.17, 15) is 28.4 Å². The van der Waals surface area contributed by atoms with E-state index in [4.69, 9.17) is 5.73 Å². The second-order valence-electron chi connectivity index (χ2n) is 6.24. The molecular formula is C18H22N4O6S. The first-order valence-corrected chi connectivity index (χ1v) is 10.2. The number of carbonyl (C=O) groups excluding carboxylic acids is 1. The molecule has 10 nitrogen and oxygen atoms in total. The molecule has 0 aliphatic carbocycles. The second-order valence-corrected chi connectivity index (χ2v) is 8.01.